The quantitative estimate of drug-likeness (QED) is 0.789. The smallest absolute Gasteiger partial charge is 0.134 e. The van der Waals surface area contributed by atoms with Crippen LogP contribution in [0.2, 0.25) is 0 Å². The standard InChI is InChI=1S/C16H17NO3/c1-9-4-6-14(19-9)15(17)16-10(2)12-8-11(18-3)5-7-13(12)20-16/h4-8,15H,17H2,1-3H3. The van der Waals surface area contributed by atoms with E-state index < -0.39 is 6.04 Å². The maximum absolute atomic E-state index is 6.25. The molecule has 0 amide bonds. The van der Waals surface area contributed by atoms with Crippen LogP contribution in [0.1, 0.15) is 28.9 Å². The molecule has 0 saturated heterocycles. The van der Waals surface area contributed by atoms with Crippen LogP contribution in [0.5, 0.6) is 5.75 Å². The van der Waals surface area contributed by atoms with Crippen molar-refractivity contribution in [1.82, 2.24) is 0 Å². The van der Waals surface area contributed by atoms with Gasteiger partial charge in [0.2, 0.25) is 0 Å². The average Bonchev–Trinajstić information content (AvgIpc) is 3.02. The lowest BCUT2D eigenvalue weighted by atomic mass is 10.1. The third-order valence-corrected chi connectivity index (χ3v) is 3.53. The molecule has 4 nitrogen and oxygen atoms in total. The molecule has 2 aromatic heterocycles. The van der Waals surface area contributed by atoms with Gasteiger partial charge in [-0.15, -0.1) is 0 Å². The van der Waals surface area contributed by atoms with Crippen LogP contribution >= 0.6 is 0 Å². The second-order valence-corrected chi connectivity index (χ2v) is 4.88. The number of hydrogen-bond donors (Lipinski definition) is 1. The van der Waals surface area contributed by atoms with E-state index in [4.69, 9.17) is 19.3 Å². The van der Waals surface area contributed by atoms with Gasteiger partial charge < -0.3 is 19.3 Å². The van der Waals surface area contributed by atoms with Crippen LogP contribution in [0.4, 0.5) is 0 Å². The molecule has 0 aliphatic carbocycles. The van der Waals surface area contributed by atoms with E-state index in [1.165, 1.54) is 0 Å². The highest BCUT2D eigenvalue weighted by atomic mass is 16.5. The van der Waals surface area contributed by atoms with Crippen LogP contribution in [0.25, 0.3) is 11.0 Å². The van der Waals surface area contributed by atoms with Crippen molar-refractivity contribution in [3.05, 3.63) is 53.2 Å². The highest BCUT2D eigenvalue weighted by Gasteiger charge is 2.21. The van der Waals surface area contributed by atoms with Crippen molar-refractivity contribution >= 4 is 11.0 Å². The second kappa shape index (κ2) is 4.72. The van der Waals surface area contributed by atoms with Gasteiger partial charge in [-0.05, 0) is 44.2 Å². The Labute approximate surface area is 117 Å². The summed E-state index contributed by atoms with van der Waals surface area (Å²) < 4.78 is 16.7. The molecular weight excluding hydrogens is 254 g/mol. The van der Waals surface area contributed by atoms with E-state index in [-0.39, 0.29) is 0 Å². The summed E-state index contributed by atoms with van der Waals surface area (Å²) in [4.78, 5) is 0. The molecule has 104 valence electrons. The predicted molar refractivity (Wildman–Crippen MR) is 77.0 cm³/mol. The molecule has 1 unspecified atom stereocenters. The molecule has 0 radical (unpaired) electrons. The highest BCUT2D eigenvalue weighted by molar-refractivity contribution is 5.83. The van der Waals surface area contributed by atoms with Gasteiger partial charge in [0.1, 0.15) is 34.7 Å². The molecule has 3 rings (SSSR count). The van der Waals surface area contributed by atoms with Crippen LogP contribution in [-0.4, -0.2) is 7.11 Å². The van der Waals surface area contributed by atoms with E-state index in [9.17, 15) is 0 Å². The lowest BCUT2D eigenvalue weighted by Crippen LogP contribution is -2.11. The van der Waals surface area contributed by atoms with Crippen molar-refractivity contribution in [1.29, 1.82) is 0 Å². The molecule has 0 aliphatic rings. The summed E-state index contributed by atoms with van der Waals surface area (Å²) in [6.07, 6.45) is 0. The lowest BCUT2D eigenvalue weighted by molar-refractivity contribution is 0.415. The predicted octanol–water partition coefficient (Wildman–Crippen LogP) is 3.70. The summed E-state index contributed by atoms with van der Waals surface area (Å²) in [5.74, 6) is 3.07. The van der Waals surface area contributed by atoms with Gasteiger partial charge in [-0.1, -0.05) is 0 Å². The second-order valence-electron chi connectivity index (χ2n) is 4.88. The molecule has 20 heavy (non-hydrogen) atoms. The Bertz CT molecular complexity index is 754. The maximum Gasteiger partial charge on any atom is 0.134 e. The largest absolute Gasteiger partial charge is 0.497 e. The fourth-order valence-electron chi connectivity index (χ4n) is 2.39. The molecule has 3 aromatic rings. The first-order valence-corrected chi connectivity index (χ1v) is 6.49. The average molecular weight is 271 g/mol. The Hall–Kier alpha value is -2.20. The Morgan fingerprint density at radius 1 is 1.10 bits per heavy atom. The monoisotopic (exact) mass is 271 g/mol. The van der Waals surface area contributed by atoms with E-state index in [2.05, 4.69) is 0 Å². The number of aryl methyl sites for hydroxylation is 2. The summed E-state index contributed by atoms with van der Waals surface area (Å²) >= 11 is 0. The molecule has 4 heteroatoms. The molecule has 0 aliphatic heterocycles. The summed E-state index contributed by atoms with van der Waals surface area (Å²) in [5.41, 5.74) is 8.06. The minimum Gasteiger partial charge on any atom is -0.497 e. The molecular formula is C16H17NO3. The van der Waals surface area contributed by atoms with E-state index in [1.54, 1.807) is 7.11 Å². The summed E-state index contributed by atoms with van der Waals surface area (Å²) in [6, 6.07) is 9.10. The van der Waals surface area contributed by atoms with Crippen LogP contribution in [0.15, 0.2) is 39.2 Å². The number of nitrogens with two attached hydrogens (primary N) is 1. The molecule has 1 atom stereocenters. The van der Waals surface area contributed by atoms with E-state index in [1.807, 2.05) is 44.2 Å². The van der Waals surface area contributed by atoms with Gasteiger partial charge in [0.05, 0.1) is 7.11 Å². The zero-order valence-corrected chi connectivity index (χ0v) is 11.8. The molecule has 0 fully saturated rings. The number of furan rings is 2. The molecule has 2 N–H and O–H groups in total. The van der Waals surface area contributed by atoms with Gasteiger partial charge >= 0.3 is 0 Å². The first-order valence-electron chi connectivity index (χ1n) is 6.49. The molecule has 0 bridgehead atoms. The third-order valence-electron chi connectivity index (χ3n) is 3.53. The highest BCUT2D eigenvalue weighted by Crippen LogP contribution is 2.33. The molecule has 0 spiro atoms. The summed E-state index contributed by atoms with van der Waals surface area (Å²) in [6.45, 7) is 3.89. The fraction of sp³-hybridized carbons (Fsp3) is 0.250. The van der Waals surface area contributed by atoms with Gasteiger partial charge in [-0.25, -0.2) is 0 Å². The van der Waals surface area contributed by atoms with Gasteiger partial charge in [0.15, 0.2) is 0 Å². The van der Waals surface area contributed by atoms with Crippen LogP contribution in [0, 0.1) is 13.8 Å². The minimum absolute atomic E-state index is 0.401. The van der Waals surface area contributed by atoms with Crippen molar-refractivity contribution in [3.8, 4) is 5.75 Å². The maximum atomic E-state index is 6.25. The van der Waals surface area contributed by atoms with Crippen LogP contribution in [0.3, 0.4) is 0 Å². The zero-order valence-electron chi connectivity index (χ0n) is 11.8. The molecule has 1 aromatic carbocycles. The topological polar surface area (TPSA) is 61.5 Å². The SMILES string of the molecule is COc1ccc2oc(C(N)c3ccc(C)o3)c(C)c2c1. The molecule has 0 saturated carbocycles. The van der Waals surface area contributed by atoms with Crippen molar-refractivity contribution < 1.29 is 13.6 Å². The van der Waals surface area contributed by atoms with Gasteiger partial charge in [0.25, 0.3) is 0 Å². The van der Waals surface area contributed by atoms with Gasteiger partial charge in [0, 0.05) is 10.9 Å². The van der Waals surface area contributed by atoms with Gasteiger partial charge in [-0.3, -0.25) is 0 Å². The number of rotatable bonds is 3. The fourth-order valence-corrected chi connectivity index (χ4v) is 2.39. The first-order chi connectivity index (χ1) is 9.60. The Morgan fingerprint density at radius 3 is 2.55 bits per heavy atom. The van der Waals surface area contributed by atoms with E-state index in [0.717, 1.165) is 33.8 Å². The van der Waals surface area contributed by atoms with Crippen molar-refractivity contribution in [2.24, 2.45) is 5.73 Å². The zero-order chi connectivity index (χ0) is 14.3. The van der Waals surface area contributed by atoms with E-state index in [0.29, 0.717) is 5.76 Å². The number of ether oxygens (including phenoxy) is 1. The normalized spacial score (nSPS) is 12.8. The molecule has 2 heterocycles. The van der Waals surface area contributed by atoms with Crippen LogP contribution in [-0.2, 0) is 0 Å². The Balaban J connectivity index is 2.09. The Kier molecular flexibility index (Phi) is 3.03. The Morgan fingerprint density at radius 2 is 1.90 bits per heavy atom. The number of benzene rings is 1. The van der Waals surface area contributed by atoms with Crippen molar-refractivity contribution in [2.45, 2.75) is 19.9 Å². The number of fused-ring (bicyclic) bond motifs is 1. The summed E-state index contributed by atoms with van der Waals surface area (Å²) in [5, 5.41) is 1.01. The minimum atomic E-state index is -0.401. The van der Waals surface area contributed by atoms with Crippen LogP contribution < -0.4 is 10.5 Å². The number of methoxy groups -OCH3 is 1. The first kappa shape index (κ1) is 12.8. The van der Waals surface area contributed by atoms with Crippen molar-refractivity contribution in [3.63, 3.8) is 0 Å². The lowest BCUT2D eigenvalue weighted by Gasteiger charge is -2.06. The number of hydrogen-bond acceptors (Lipinski definition) is 4. The van der Waals surface area contributed by atoms with Gasteiger partial charge in [-0.2, -0.15) is 0 Å². The van der Waals surface area contributed by atoms with E-state index >= 15 is 0 Å². The van der Waals surface area contributed by atoms with Crippen molar-refractivity contribution in [2.75, 3.05) is 7.11 Å². The summed E-state index contributed by atoms with van der Waals surface area (Å²) in [7, 11) is 1.65. The third kappa shape index (κ3) is 1.98.